The van der Waals surface area contributed by atoms with Gasteiger partial charge in [-0.25, -0.2) is 4.98 Å². The van der Waals surface area contributed by atoms with Crippen LogP contribution in [0, 0.1) is 0 Å². The van der Waals surface area contributed by atoms with E-state index in [4.69, 9.17) is 38.4 Å². The predicted octanol–water partition coefficient (Wildman–Crippen LogP) is 3.65. The van der Waals surface area contributed by atoms with E-state index >= 15 is 0 Å². The Bertz CT molecular complexity index is 596. The smallest absolute Gasteiger partial charge is 0.143 e. The molecule has 0 atom stereocenters. The zero-order valence-electron chi connectivity index (χ0n) is 10.4. The van der Waals surface area contributed by atoms with E-state index in [0.717, 1.165) is 5.56 Å². The standard InChI is InChI=1S/C13H12Cl2N2O2/c1-18-8-3-7(4-9(5-8)19-2)12-10(14)6-11(15)13(16)17-12/h3-6H,1-2H3,(H2,16,17). The molecule has 2 aromatic rings. The summed E-state index contributed by atoms with van der Waals surface area (Å²) in [6.07, 6.45) is 0. The number of pyridine rings is 1. The van der Waals surface area contributed by atoms with Gasteiger partial charge in [-0.15, -0.1) is 0 Å². The minimum absolute atomic E-state index is 0.225. The quantitative estimate of drug-likeness (QED) is 0.939. The van der Waals surface area contributed by atoms with Crippen LogP contribution in [0.15, 0.2) is 24.3 Å². The molecule has 100 valence electrons. The van der Waals surface area contributed by atoms with Gasteiger partial charge in [-0.3, -0.25) is 0 Å². The van der Waals surface area contributed by atoms with E-state index in [1.165, 1.54) is 0 Å². The molecule has 0 aliphatic carbocycles. The van der Waals surface area contributed by atoms with Gasteiger partial charge in [-0.2, -0.15) is 0 Å². The fraction of sp³-hybridized carbons (Fsp3) is 0.154. The van der Waals surface area contributed by atoms with Crippen LogP contribution in [0.25, 0.3) is 11.3 Å². The largest absolute Gasteiger partial charge is 0.497 e. The number of hydrogen-bond acceptors (Lipinski definition) is 4. The molecule has 1 heterocycles. The molecule has 0 unspecified atom stereocenters. The molecule has 0 aliphatic heterocycles. The Labute approximate surface area is 121 Å². The molecular formula is C13H12Cl2N2O2. The lowest BCUT2D eigenvalue weighted by Gasteiger charge is -2.10. The van der Waals surface area contributed by atoms with Crippen LogP contribution in [0.3, 0.4) is 0 Å². The van der Waals surface area contributed by atoms with Crippen molar-refractivity contribution in [3.8, 4) is 22.8 Å². The maximum absolute atomic E-state index is 6.14. The maximum atomic E-state index is 6.14. The number of nitrogen functional groups attached to an aromatic ring is 1. The van der Waals surface area contributed by atoms with E-state index in [1.807, 2.05) is 0 Å². The lowest BCUT2D eigenvalue weighted by atomic mass is 10.1. The van der Waals surface area contributed by atoms with Crippen LogP contribution in [0.2, 0.25) is 10.0 Å². The maximum Gasteiger partial charge on any atom is 0.143 e. The molecule has 0 radical (unpaired) electrons. The first-order chi connectivity index (χ1) is 9.05. The molecule has 0 fully saturated rings. The van der Waals surface area contributed by atoms with E-state index in [2.05, 4.69) is 4.98 Å². The summed E-state index contributed by atoms with van der Waals surface area (Å²) in [6.45, 7) is 0. The van der Waals surface area contributed by atoms with Crippen molar-refractivity contribution in [1.29, 1.82) is 0 Å². The summed E-state index contributed by atoms with van der Waals surface area (Å²) in [5.41, 5.74) is 6.97. The van der Waals surface area contributed by atoms with Crippen LogP contribution in [0.1, 0.15) is 0 Å². The van der Waals surface area contributed by atoms with Crippen molar-refractivity contribution in [3.05, 3.63) is 34.3 Å². The summed E-state index contributed by atoms with van der Waals surface area (Å²) in [4.78, 5) is 4.20. The lowest BCUT2D eigenvalue weighted by Crippen LogP contribution is -1.96. The number of nitrogens with two attached hydrogens (primary N) is 1. The Morgan fingerprint density at radius 1 is 0.947 bits per heavy atom. The highest BCUT2D eigenvalue weighted by Gasteiger charge is 2.12. The molecule has 0 saturated carbocycles. The highest BCUT2D eigenvalue weighted by atomic mass is 35.5. The second-order valence-electron chi connectivity index (χ2n) is 3.79. The van der Waals surface area contributed by atoms with Gasteiger partial charge in [0.15, 0.2) is 0 Å². The molecule has 1 aromatic heterocycles. The van der Waals surface area contributed by atoms with Crippen molar-refractivity contribution in [3.63, 3.8) is 0 Å². The minimum atomic E-state index is 0.225. The third-order valence-electron chi connectivity index (χ3n) is 2.58. The summed E-state index contributed by atoms with van der Waals surface area (Å²) in [5, 5.41) is 0.734. The number of benzene rings is 1. The first-order valence-corrected chi connectivity index (χ1v) is 6.15. The van der Waals surface area contributed by atoms with Crippen LogP contribution in [-0.2, 0) is 0 Å². The normalized spacial score (nSPS) is 10.3. The summed E-state index contributed by atoms with van der Waals surface area (Å²) in [5.74, 6) is 1.50. The fourth-order valence-electron chi connectivity index (χ4n) is 1.63. The molecule has 0 amide bonds. The molecule has 19 heavy (non-hydrogen) atoms. The summed E-state index contributed by atoms with van der Waals surface area (Å²) in [7, 11) is 3.15. The van der Waals surface area contributed by atoms with Crippen LogP contribution >= 0.6 is 23.2 Å². The molecule has 4 nitrogen and oxygen atoms in total. The van der Waals surface area contributed by atoms with Gasteiger partial charge in [0, 0.05) is 11.6 Å². The van der Waals surface area contributed by atoms with Gasteiger partial charge in [0.25, 0.3) is 0 Å². The molecule has 0 saturated heterocycles. The number of halogens is 2. The van der Waals surface area contributed by atoms with Crippen molar-refractivity contribution in [2.24, 2.45) is 0 Å². The average Bonchev–Trinajstić information content (AvgIpc) is 2.42. The van der Waals surface area contributed by atoms with Gasteiger partial charge in [0.2, 0.25) is 0 Å². The number of aromatic nitrogens is 1. The molecule has 0 spiro atoms. The Balaban J connectivity index is 2.61. The molecule has 0 bridgehead atoms. The molecule has 0 aliphatic rings. The number of hydrogen-bond donors (Lipinski definition) is 1. The molecule has 2 N–H and O–H groups in total. The second-order valence-corrected chi connectivity index (χ2v) is 4.60. The van der Waals surface area contributed by atoms with E-state index < -0.39 is 0 Å². The van der Waals surface area contributed by atoms with Gasteiger partial charge >= 0.3 is 0 Å². The van der Waals surface area contributed by atoms with Gasteiger partial charge in [-0.1, -0.05) is 23.2 Å². The van der Waals surface area contributed by atoms with Gasteiger partial charge < -0.3 is 15.2 Å². The van der Waals surface area contributed by atoms with Crippen molar-refractivity contribution >= 4 is 29.0 Å². The number of anilines is 1. The summed E-state index contributed by atoms with van der Waals surface area (Å²) >= 11 is 12.0. The van der Waals surface area contributed by atoms with Crippen molar-refractivity contribution in [2.75, 3.05) is 20.0 Å². The van der Waals surface area contributed by atoms with Crippen LogP contribution < -0.4 is 15.2 Å². The van der Waals surface area contributed by atoms with Crippen LogP contribution in [0.4, 0.5) is 5.82 Å². The van der Waals surface area contributed by atoms with E-state index in [-0.39, 0.29) is 5.82 Å². The number of nitrogens with zero attached hydrogens (tertiary/aromatic N) is 1. The first-order valence-electron chi connectivity index (χ1n) is 5.40. The predicted molar refractivity (Wildman–Crippen MR) is 77.2 cm³/mol. The Morgan fingerprint density at radius 3 is 2.05 bits per heavy atom. The van der Waals surface area contributed by atoms with E-state index in [9.17, 15) is 0 Å². The summed E-state index contributed by atoms with van der Waals surface area (Å²) in [6, 6.07) is 6.91. The number of ether oxygens (including phenoxy) is 2. The highest BCUT2D eigenvalue weighted by Crippen LogP contribution is 2.35. The van der Waals surface area contributed by atoms with Crippen molar-refractivity contribution in [1.82, 2.24) is 4.98 Å². The molecule has 2 rings (SSSR count). The van der Waals surface area contributed by atoms with Crippen molar-refractivity contribution < 1.29 is 9.47 Å². The second kappa shape index (κ2) is 5.55. The number of rotatable bonds is 3. The molecule has 6 heteroatoms. The van der Waals surface area contributed by atoms with Crippen molar-refractivity contribution in [2.45, 2.75) is 0 Å². The Hall–Kier alpha value is -1.65. The highest BCUT2D eigenvalue weighted by molar-refractivity contribution is 6.37. The number of methoxy groups -OCH3 is 2. The zero-order chi connectivity index (χ0) is 14.0. The van der Waals surface area contributed by atoms with E-state index in [0.29, 0.717) is 27.2 Å². The van der Waals surface area contributed by atoms with Gasteiger partial charge in [0.1, 0.15) is 17.3 Å². The lowest BCUT2D eigenvalue weighted by molar-refractivity contribution is 0.394. The van der Waals surface area contributed by atoms with Gasteiger partial charge in [0.05, 0.1) is 30.0 Å². The monoisotopic (exact) mass is 298 g/mol. The third-order valence-corrected chi connectivity index (χ3v) is 3.17. The minimum Gasteiger partial charge on any atom is -0.497 e. The van der Waals surface area contributed by atoms with Crippen LogP contribution in [-0.4, -0.2) is 19.2 Å². The average molecular weight is 299 g/mol. The van der Waals surface area contributed by atoms with Crippen LogP contribution in [0.5, 0.6) is 11.5 Å². The SMILES string of the molecule is COc1cc(OC)cc(-c2nc(N)c(Cl)cc2Cl)c1. The van der Waals surface area contributed by atoms with Gasteiger partial charge in [-0.05, 0) is 18.2 Å². The Morgan fingerprint density at radius 2 is 1.53 bits per heavy atom. The van der Waals surface area contributed by atoms with E-state index in [1.54, 1.807) is 38.5 Å². The topological polar surface area (TPSA) is 57.4 Å². The third kappa shape index (κ3) is 2.85. The fourth-order valence-corrected chi connectivity index (χ4v) is 2.10. The first kappa shape index (κ1) is 13.8. The molecular weight excluding hydrogens is 287 g/mol. The Kier molecular flexibility index (Phi) is 4.02. The molecule has 1 aromatic carbocycles. The summed E-state index contributed by atoms with van der Waals surface area (Å²) < 4.78 is 10.4. The zero-order valence-corrected chi connectivity index (χ0v) is 11.9.